The van der Waals surface area contributed by atoms with E-state index in [4.69, 9.17) is 10.1 Å². The predicted molar refractivity (Wildman–Crippen MR) is 62.5 cm³/mol. The Morgan fingerprint density at radius 1 is 1.63 bits per heavy atom. The van der Waals surface area contributed by atoms with Crippen LogP contribution in [0, 0.1) is 5.41 Å². The molecule has 7 nitrogen and oxygen atoms in total. The topological polar surface area (TPSA) is 93.6 Å². The zero-order chi connectivity index (χ0) is 13.6. The molecule has 0 radical (unpaired) electrons. The lowest BCUT2D eigenvalue weighted by molar-refractivity contribution is 0.0881. The number of ether oxygens (including phenoxy) is 1. The molecule has 1 unspecified atom stereocenters. The van der Waals surface area contributed by atoms with E-state index < -0.39 is 24.0 Å². The summed E-state index contributed by atoms with van der Waals surface area (Å²) in [5, 5.41) is 17.0. The van der Waals surface area contributed by atoms with Gasteiger partial charge in [-0.2, -0.15) is 4.39 Å². The molecular weight excluding hydrogens is 260 g/mol. The van der Waals surface area contributed by atoms with Gasteiger partial charge in [0.2, 0.25) is 0 Å². The van der Waals surface area contributed by atoms with Gasteiger partial charge in [0.1, 0.15) is 18.8 Å². The van der Waals surface area contributed by atoms with E-state index in [-0.39, 0.29) is 24.3 Å². The monoisotopic (exact) mass is 269 g/mol. The van der Waals surface area contributed by atoms with Gasteiger partial charge >= 0.3 is 5.79 Å². The van der Waals surface area contributed by atoms with E-state index in [0.717, 1.165) is 12.7 Å². The fraction of sp³-hybridized carbons (Fsp3) is 0.400. The van der Waals surface area contributed by atoms with Crippen LogP contribution in [0.5, 0.6) is 0 Å². The summed E-state index contributed by atoms with van der Waals surface area (Å²) < 4.78 is 32.0. The van der Waals surface area contributed by atoms with E-state index in [1.165, 1.54) is 4.90 Å². The molecule has 0 aromatic carbocycles. The highest BCUT2D eigenvalue weighted by Crippen LogP contribution is 2.33. The maximum atomic E-state index is 14.4. The number of amidine groups is 2. The molecule has 3 rings (SSSR count). The van der Waals surface area contributed by atoms with Crippen LogP contribution in [-0.2, 0) is 4.74 Å². The van der Waals surface area contributed by atoms with Crippen molar-refractivity contribution in [1.82, 2.24) is 4.90 Å². The van der Waals surface area contributed by atoms with E-state index in [1.54, 1.807) is 0 Å². The minimum atomic E-state index is -2.44. The lowest BCUT2D eigenvalue weighted by Crippen LogP contribution is -2.48. The second kappa shape index (κ2) is 3.92. The third-order valence-electron chi connectivity index (χ3n) is 3.02. The first-order chi connectivity index (χ1) is 9.06. The molecule has 9 heteroatoms. The van der Waals surface area contributed by atoms with Crippen LogP contribution >= 0.6 is 0 Å². The number of hydrogen-bond donors (Lipinski definition) is 2. The number of aliphatic hydroxyl groups excluding tert-OH is 1. The number of halogens is 2. The molecule has 0 aromatic rings. The lowest BCUT2D eigenvalue weighted by Gasteiger charge is -2.26. The normalized spacial score (nSPS) is 38.7. The zero-order valence-electron chi connectivity index (χ0n) is 9.49. The Labute approximate surface area is 106 Å². The molecule has 3 atom stereocenters. The Morgan fingerprint density at radius 2 is 2.42 bits per heavy atom. The minimum Gasteiger partial charge on any atom is -0.469 e. The second-order valence-corrected chi connectivity index (χ2v) is 4.16. The molecular formula is C10H9F2N5O2. The molecule has 0 bridgehead atoms. The van der Waals surface area contributed by atoms with E-state index >= 15 is 0 Å². The molecule has 3 aliphatic heterocycles. The van der Waals surface area contributed by atoms with Crippen LogP contribution in [0.4, 0.5) is 8.78 Å². The van der Waals surface area contributed by atoms with Gasteiger partial charge in [0, 0.05) is 6.42 Å². The molecule has 100 valence electrons. The Kier molecular flexibility index (Phi) is 2.45. The molecule has 19 heavy (non-hydrogen) atoms. The van der Waals surface area contributed by atoms with Crippen LogP contribution in [0.2, 0.25) is 0 Å². The molecule has 3 heterocycles. The van der Waals surface area contributed by atoms with Crippen molar-refractivity contribution in [2.75, 3.05) is 0 Å². The number of aliphatic hydroxyl groups is 1. The van der Waals surface area contributed by atoms with Crippen LogP contribution in [0.25, 0.3) is 0 Å². The van der Waals surface area contributed by atoms with Crippen molar-refractivity contribution in [1.29, 1.82) is 5.41 Å². The van der Waals surface area contributed by atoms with Gasteiger partial charge in [-0.05, 0) is 0 Å². The first-order valence-corrected chi connectivity index (χ1v) is 5.43. The number of fused-ring (bicyclic) bond motifs is 1. The highest BCUT2D eigenvalue weighted by atomic mass is 19.1. The van der Waals surface area contributed by atoms with Crippen molar-refractivity contribution in [2.24, 2.45) is 15.0 Å². The van der Waals surface area contributed by atoms with Gasteiger partial charge in [0.15, 0.2) is 23.7 Å². The predicted octanol–water partition coefficient (Wildman–Crippen LogP) is 0.332. The minimum absolute atomic E-state index is 0.0430. The van der Waals surface area contributed by atoms with Gasteiger partial charge < -0.3 is 9.84 Å². The standard InChI is InChI=1S/C10H9F2N5O2/c11-2-6-5(18)1-7(19-6)17-4-16-10(12)8(13)14-3-15-9(10)17/h2-5,7,13,18H,1H2/t5-,7+,10?/m0/s1. The lowest BCUT2D eigenvalue weighted by atomic mass is 10.2. The highest BCUT2D eigenvalue weighted by Gasteiger charge is 2.52. The van der Waals surface area contributed by atoms with E-state index in [9.17, 15) is 13.9 Å². The average Bonchev–Trinajstić information content (AvgIpc) is 2.92. The maximum absolute atomic E-state index is 14.4. The van der Waals surface area contributed by atoms with E-state index in [2.05, 4.69) is 15.0 Å². The second-order valence-electron chi connectivity index (χ2n) is 4.16. The first kappa shape index (κ1) is 11.9. The summed E-state index contributed by atoms with van der Waals surface area (Å²) in [6, 6.07) is 0. The van der Waals surface area contributed by atoms with Crippen molar-refractivity contribution >= 4 is 24.3 Å². The van der Waals surface area contributed by atoms with Crippen molar-refractivity contribution in [3.63, 3.8) is 0 Å². The number of alkyl halides is 1. The third kappa shape index (κ3) is 1.58. The van der Waals surface area contributed by atoms with E-state index in [1.807, 2.05) is 0 Å². The number of aliphatic imine (C=N–C) groups is 3. The summed E-state index contributed by atoms with van der Waals surface area (Å²) in [5.74, 6) is -3.43. The summed E-state index contributed by atoms with van der Waals surface area (Å²) in [4.78, 5) is 12.0. The number of hydrogen-bond acceptors (Lipinski definition) is 6. The SMILES string of the molecule is N=C1N=CN=C2N([C@H]3C[C@H](O)C(=CF)O3)C=NC12F. The van der Waals surface area contributed by atoms with Crippen LogP contribution < -0.4 is 0 Å². The summed E-state index contributed by atoms with van der Waals surface area (Å²) in [5.41, 5.74) is 0. The van der Waals surface area contributed by atoms with Gasteiger partial charge in [-0.25, -0.2) is 19.4 Å². The Bertz CT molecular complexity index is 558. The molecule has 1 fully saturated rings. The number of nitrogens with one attached hydrogen (secondary N) is 1. The quantitative estimate of drug-likeness (QED) is 0.672. The Hall–Kier alpha value is -2.16. The maximum Gasteiger partial charge on any atom is 0.318 e. The fourth-order valence-corrected chi connectivity index (χ4v) is 2.04. The Morgan fingerprint density at radius 3 is 3.11 bits per heavy atom. The van der Waals surface area contributed by atoms with Crippen molar-refractivity contribution in [3.8, 4) is 0 Å². The smallest absolute Gasteiger partial charge is 0.318 e. The van der Waals surface area contributed by atoms with Crippen LogP contribution in [-0.4, -0.2) is 52.5 Å². The van der Waals surface area contributed by atoms with Crippen molar-refractivity contribution in [2.45, 2.75) is 24.5 Å². The third-order valence-corrected chi connectivity index (χ3v) is 3.02. The molecule has 3 aliphatic rings. The zero-order valence-corrected chi connectivity index (χ0v) is 9.49. The fourth-order valence-electron chi connectivity index (χ4n) is 2.04. The van der Waals surface area contributed by atoms with Gasteiger partial charge in [0.05, 0.1) is 6.34 Å². The largest absolute Gasteiger partial charge is 0.469 e. The van der Waals surface area contributed by atoms with Gasteiger partial charge in [-0.1, -0.05) is 0 Å². The van der Waals surface area contributed by atoms with Gasteiger partial charge in [0.25, 0.3) is 0 Å². The van der Waals surface area contributed by atoms with E-state index in [0.29, 0.717) is 0 Å². The summed E-state index contributed by atoms with van der Waals surface area (Å²) in [6.07, 6.45) is 0.426. The summed E-state index contributed by atoms with van der Waals surface area (Å²) in [6.45, 7) is 0. The number of rotatable bonds is 1. The molecule has 0 spiro atoms. The van der Waals surface area contributed by atoms with Crippen LogP contribution in [0.3, 0.4) is 0 Å². The average molecular weight is 269 g/mol. The summed E-state index contributed by atoms with van der Waals surface area (Å²) in [7, 11) is 0. The molecule has 0 saturated carbocycles. The van der Waals surface area contributed by atoms with Crippen LogP contribution in [0.1, 0.15) is 6.42 Å². The van der Waals surface area contributed by atoms with Crippen molar-refractivity contribution < 1.29 is 18.6 Å². The van der Waals surface area contributed by atoms with Gasteiger partial charge in [-0.3, -0.25) is 10.3 Å². The Balaban J connectivity index is 1.89. The highest BCUT2D eigenvalue weighted by molar-refractivity contribution is 6.22. The van der Waals surface area contributed by atoms with Gasteiger partial charge in [-0.15, -0.1) is 0 Å². The van der Waals surface area contributed by atoms with Crippen molar-refractivity contribution in [3.05, 3.63) is 12.1 Å². The summed E-state index contributed by atoms with van der Waals surface area (Å²) >= 11 is 0. The molecule has 1 saturated heterocycles. The molecule has 0 aliphatic carbocycles. The number of nitrogens with zero attached hydrogens (tertiary/aromatic N) is 4. The van der Waals surface area contributed by atoms with Crippen LogP contribution in [0.15, 0.2) is 27.1 Å². The molecule has 0 aromatic heterocycles. The molecule has 2 N–H and O–H groups in total. The first-order valence-electron chi connectivity index (χ1n) is 5.43. The molecule has 0 amide bonds.